The lowest BCUT2D eigenvalue weighted by Crippen LogP contribution is -3.00. The number of carbonyl (C=O) groups is 5. The minimum Gasteiger partial charge on any atom is -1.00 e. The molecule has 12 heteroatoms. The summed E-state index contributed by atoms with van der Waals surface area (Å²) in [6.45, 7) is 25.2. The monoisotopic (exact) mass is 705 g/mol. The van der Waals surface area contributed by atoms with Crippen molar-refractivity contribution < 1.29 is 67.2 Å². The first-order valence-electron chi connectivity index (χ1n) is 17.1. The largest absolute Gasteiger partial charge is 1.00 e. The highest BCUT2D eigenvalue weighted by molar-refractivity contribution is 5.88. The Hall–Kier alpha value is -2.66. The fraction of sp³-hybridized carbons (Fsp3) is 0.806. The van der Waals surface area contributed by atoms with Gasteiger partial charge in [-0.15, -0.1) is 6.58 Å². The third-order valence-electron chi connectivity index (χ3n) is 8.67. The summed E-state index contributed by atoms with van der Waals surface area (Å²) < 4.78 is 25.6. The van der Waals surface area contributed by atoms with Gasteiger partial charge in [-0.25, -0.2) is 4.79 Å². The molecule has 280 valence electrons. The highest BCUT2D eigenvalue weighted by Gasteiger charge is 2.63. The molecule has 0 aliphatic heterocycles. The van der Waals surface area contributed by atoms with Gasteiger partial charge in [-0.3, -0.25) is 19.2 Å². The van der Waals surface area contributed by atoms with Gasteiger partial charge in [0.15, 0.2) is 5.54 Å². The maximum absolute atomic E-state index is 12.0. The number of allylic oxidation sites excluding steroid dienone is 1. The summed E-state index contributed by atoms with van der Waals surface area (Å²) in [5, 5.41) is 0. The SMILES string of the molecule is C=C[C@@H]1C[C@]1(CC(=O)OC(C)(C)C)C(=O)OCC.CCOC(=O)[C@@]1(CC(=O)OC(C)(C)C)C[C@H]1CC.CCOC(=O)[C@@]1([NH3+])C[C@H]1CC.[Cl-].[HH]. The van der Waals surface area contributed by atoms with E-state index in [4.69, 9.17) is 23.7 Å². The molecule has 0 heterocycles. The van der Waals surface area contributed by atoms with Gasteiger partial charge in [0, 0.05) is 13.8 Å². The van der Waals surface area contributed by atoms with Crippen LogP contribution >= 0.6 is 0 Å². The molecule has 3 aliphatic carbocycles. The van der Waals surface area contributed by atoms with Crippen LogP contribution in [-0.2, 0) is 47.7 Å². The fourth-order valence-electron chi connectivity index (χ4n) is 5.87. The van der Waals surface area contributed by atoms with Crippen molar-refractivity contribution in [2.24, 2.45) is 28.6 Å². The van der Waals surface area contributed by atoms with E-state index >= 15 is 0 Å². The Bertz CT molecular complexity index is 1140. The van der Waals surface area contributed by atoms with Gasteiger partial charge in [0.25, 0.3) is 0 Å². The summed E-state index contributed by atoms with van der Waals surface area (Å²) in [5.41, 5.74) is 1.09. The quantitative estimate of drug-likeness (QED) is 0.171. The van der Waals surface area contributed by atoms with Gasteiger partial charge in [-0.05, 0) is 93.4 Å². The number of ether oxygens (including phenoxy) is 5. The van der Waals surface area contributed by atoms with Crippen molar-refractivity contribution in [1.29, 1.82) is 0 Å². The summed E-state index contributed by atoms with van der Waals surface area (Å²) in [7, 11) is 0. The Morgan fingerprint density at radius 2 is 1.08 bits per heavy atom. The Morgan fingerprint density at radius 1 is 0.688 bits per heavy atom. The average Bonchev–Trinajstić information content (AvgIpc) is 3.88. The van der Waals surface area contributed by atoms with Crippen molar-refractivity contribution in [2.75, 3.05) is 19.8 Å². The summed E-state index contributed by atoms with van der Waals surface area (Å²) in [6, 6.07) is 0. The molecule has 0 radical (unpaired) electrons. The standard InChI is InChI=1S/C14H24O4.C14H22O4.C8H15NO2.ClH.H2/c2*1-6-10-8-14(10,12(16)17-7-2)9-11(15)18-13(3,4)5;1-3-6-5-8(6,9)7(10)11-4-2;;/h10H,6-9H2,1-5H3;6,10H,1,7-9H2,2-5H3;6H,3-5,9H2,1-2H3;2*1H/t2*10-,14-;6-,8-;;/m111../s1. The first-order valence-corrected chi connectivity index (χ1v) is 17.1. The Labute approximate surface area is 295 Å². The maximum Gasteiger partial charge on any atom is 0.368 e. The number of halogens is 1. The van der Waals surface area contributed by atoms with E-state index in [1.54, 1.807) is 40.7 Å². The number of quaternary nitrogens is 1. The zero-order valence-electron chi connectivity index (χ0n) is 31.3. The van der Waals surface area contributed by atoms with Crippen molar-refractivity contribution in [1.82, 2.24) is 0 Å². The third-order valence-corrected chi connectivity index (χ3v) is 8.67. The smallest absolute Gasteiger partial charge is 0.368 e. The fourth-order valence-corrected chi connectivity index (χ4v) is 5.87. The van der Waals surface area contributed by atoms with Crippen LogP contribution in [0, 0.1) is 28.6 Å². The summed E-state index contributed by atoms with van der Waals surface area (Å²) in [5.74, 6) is -0.628. The van der Waals surface area contributed by atoms with Crippen molar-refractivity contribution >= 4 is 29.8 Å². The Balaban J connectivity index is 0. The molecule has 3 aliphatic rings. The number of carbonyl (C=O) groups excluding carboxylic acids is 5. The molecule has 3 rings (SSSR count). The van der Waals surface area contributed by atoms with Crippen LogP contribution in [0.15, 0.2) is 12.7 Å². The lowest BCUT2D eigenvalue weighted by Gasteiger charge is -2.22. The van der Waals surface area contributed by atoms with Gasteiger partial charge in [0.1, 0.15) is 11.2 Å². The molecule has 48 heavy (non-hydrogen) atoms. The summed E-state index contributed by atoms with van der Waals surface area (Å²) in [4.78, 5) is 58.8. The van der Waals surface area contributed by atoms with Crippen LogP contribution in [0.5, 0.6) is 0 Å². The molecule has 3 N–H and O–H groups in total. The lowest BCUT2D eigenvalue weighted by molar-refractivity contribution is -0.430. The molecule has 11 nitrogen and oxygen atoms in total. The van der Waals surface area contributed by atoms with Gasteiger partial charge in [0.05, 0.1) is 43.5 Å². The molecule has 0 unspecified atom stereocenters. The number of rotatable bonds is 13. The van der Waals surface area contributed by atoms with Gasteiger partial charge >= 0.3 is 29.8 Å². The number of hydrogen-bond donors (Lipinski definition) is 1. The van der Waals surface area contributed by atoms with Gasteiger partial charge in [-0.1, -0.05) is 26.3 Å². The highest BCUT2D eigenvalue weighted by Crippen LogP contribution is 2.58. The first-order chi connectivity index (χ1) is 21.6. The zero-order chi connectivity index (χ0) is 36.4. The van der Waals surface area contributed by atoms with Crippen molar-refractivity contribution in [3.05, 3.63) is 12.7 Å². The van der Waals surface area contributed by atoms with E-state index in [0.29, 0.717) is 32.2 Å². The van der Waals surface area contributed by atoms with Gasteiger partial charge in [0.2, 0.25) is 0 Å². The van der Waals surface area contributed by atoms with Crippen LogP contribution in [-0.4, -0.2) is 66.4 Å². The van der Waals surface area contributed by atoms with E-state index in [0.717, 1.165) is 25.7 Å². The predicted molar refractivity (Wildman–Crippen MR) is 179 cm³/mol. The second kappa shape index (κ2) is 18.4. The maximum atomic E-state index is 12.0. The molecule has 0 amide bonds. The Kier molecular flexibility index (Phi) is 17.3. The molecule has 6 atom stereocenters. The van der Waals surface area contributed by atoms with Crippen LogP contribution in [0.3, 0.4) is 0 Å². The minimum atomic E-state index is -0.736. The van der Waals surface area contributed by atoms with Crippen LogP contribution in [0.25, 0.3) is 0 Å². The number of esters is 5. The topological polar surface area (TPSA) is 159 Å². The molecular weight excluding hydrogens is 642 g/mol. The van der Waals surface area contributed by atoms with E-state index in [9.17, 15) is 24.0 Å². The summed E-state index contributed by atoms with van der Waals surface area (Å²) in [6.07, 6.45) is 6.10. The van der Waals surface area contributed by atoms with Crippen LogP contribution in [0.2, 0.25) is 0 Å². The van der Waals surface area contributed by atoms with Crippen molar-refractivity contribution in [3.63, 3.8) is 0 Å². The third kappa shape index (κ3) is 13.0. The minimum absolute atomic E-state index is 0. The van der Waals surface area contributed by atoms with E-state index in [1.165, 1.54) is 0 Å². The molecule has 0 aromatic heterocycles. The van der Waals surface area contributed by atoms with Gasteiger partial charge < -0.3 is 41.8 Å². The second-order valence-electron chi connectivity index (χ2n) is 14.8. The van der Waals surface area contributed by atoms with E-state index in [1.807, 2.05) is 34.6 Å². The second-order valence-corrected chi connectivity index (χ2v) is 14.8. The van der Waals surface area contributed by atoms with Crippen molar-refractivity contribution in [2.45, 2.75) is 138 Å². The summed E-state index contributed by atoms with van der Waals surface area (Å²) >= 11 is 0. The van der Waals surface area contributed by atoms with Crippen LogP contribution in [0.1, 0.15) is 123 Å². The normalized spacial score (nSPS) is 27.9. The predicted octanol–water partition coefficient (Wildman–Crippen LogP) is 2.38. The Morgan fingerprint density at radius 3 is 1.40 bits per heavy atom. The molecule has 3 saturated carbocycles. The molecule has 3 fully saturated rings. The lowest BCUT2D eigenvalue weighted by atomic mass is 9.98. The van der Waals surface area contributed by atoms with E-state index in [2.05, 4.69) is 19.2 Å². The molecule has 0 aromatic carbocycles. The number of hydrogen-bond acceptors (Lipinski definition) is 10. The van der Waals surface area contributed by atoms with E-state index in [-0.39, 0.29) is 73.9 Å². The molecule has 0 aromatic rings. The zero-order valence-corrected chi connectivity index (χ0v) is 32.0. The van der Waals surface area contributed by atoms with Crippen LogP contribution < -0.4 is 18.1 Å². The molecule has 0 bridgehead atoms. The first kappa shape index (κ1) is 45.3. The highest BCUT2D eigenvalue weighted by atomic mass is 35.5. The molecular formula is C36H64ClNO10. The van der Waals surface area contributed by atoms with Crippen LogP contribution in [0.4, 0.5) is 0 Å². The van der Waals surface area contributed by atoms with Crippen molar-refractivity contribution in [3.8, 4) is 0 Å². The molecule has 0 saturated heterocycles. The average molecular weight is 706 g/mol. The van der Waals surface area contributed by atoms with E-state index < -0.39 is 22.0 Å². The molecule has 0 spiro atoms. The van der Waals surface area contributed by atoms with Gasteiger partial charge in [-0.2, -0.15) is 0 Å².